The first-order valence-electron chi connectivity index (χ1n) is 8.83. The molecule has 4 heterocycles. The maximum absolute atomic E-state index is 6.06. The SMILES string of the molecule is C[C@H](CNc1cc(-c2cnc(N)c(Cl)c2)ncn1)c1ccnc2c1OCCO2.S. The molecule has 0 spiro atoms. The first kappa shape index (κ1) is 20.9. The molecule has 8 nitrogen and oxygen atoms in total. The van der Waals surface area contributed by atoms with E-state index in [4.69, 9.17) is 26.8 Å². The van der Waals surface area contributed by atoms with Crippen LogP contribution in [0.15, 0.2) is 36.9 Å². The molecule has 0 aliphatic carbocycles. The third-order valence-corrected chi connectivity index (χ3v) is 4.73. The molecule has 3 aromatic rings. The van der Waals surface area contributed by atoms with Crippen molar-refractivity contribution in [3.8, 4) is 22.9 Å². The van der Waals surface area contributed by atoms with Gasteiger partial charge in [0, 0.05) is 42.0 Å². The van der Waals surface area contributed by atoms with Crippen LogP contribution in [0.4, 0.5) is 11.6 Å². The number of nitrogens with two attached hydrogens (primary N) is 1. The van der Waals surface area contributed by atoms with Crippen LogP contribution >= 0.6 is 25.1 Å². The Hall–Kier alpha value is -2.78. The molecule has 0 unspecified atom stereocenters. The lowest BCUT2D eigenvalue weighted by atomic mass is 10.0. The molecule has 0 amide bonds. The minimum Gasteiger partial charge on any atom is -0.484 e. The minimum atomic E-state index is 0. The third kappa shape index (κ3) is 4.63. The number of aromatic nitrogens is 4. The van der Waals surface area contributed by atoms with Crippen molar-refractivity contribution in [1.29, 1.82) is 0 Å². The van der Waals surface area contributed by atoms with E-state index in [2.05, 4.69) is 32.2 Å². The summed E-state index contributed by atoms with van der Waals surface area (Å²) in [4.78, 5) is 16.9. The van der Waals surface area contributed by atoms with Crippen molar-refractivity contribution in [3.63, 3.8) is 0 Å². The van der Waals surface area contributed by atoms with Gasteiger partial charge in [-0.1, -0.05) is 18.5 Å². The number of rotatable bonds is 5. The molecule has 0 bridgehead atoms. The van der Waals surface area contributed by atoms with Crippen molar-refractivity contribution in [1.82, 2.24) is 19.9 Å². The normalized spacial score (nSPS) is 13.3. The molecule has 0 radical (unpaired) electrons. The van der Waals surface area contributed by atoms with E-state index in [1.807, 2.05) is 12.1 Å². The van der Waals surface area contributed by atoms with Gasteiger partial charge in [-0.15, -0.1) is 0 Å². The first-order chi connectivity index (χ1) is 13.6. The Bertz CT molecular complexity index is 1010. The van der Waals surface area contributed by atoms with E-state index in [1.165, 1.54) is 6.33 Å². The monoisotopic (exact) mass is 432 g/mol. The molecule has 0 saturated heterocycles. The van der Waals surface area contributed by atoms with Crippen LogP contribution in [-0.4, -0.2) is 39.7 Å². The van der Waals surface area contributed by atoms with E-state index in [-0.39, 0.29) is 19.4 Å². The lowest BCUT2D eigenvalue weighted by molar-refractivity contribution is 0.162. The predicted octanol–water partition coefficient (Wildman–Crippen LogP) is 3.27. The molecule has 0 fully saturated rings. The second-order valence-electron chi connectivity index (χ2n) is 6.39. The van der Waals surface area contributed by atoms with Crippen molar-refractivity contribution >= 4 is 36.7 Å². The van der Waals surface area contributed by atoms with Crippen LogP contribution < -0.4 is 20.5 Å². The van der Waals surface area contributed by atoms with Crippen molar-refractivity contribution in [3.05, 3.63) is 47.5 Å². The highest BCUT2D eigenvalue weighted by molar-refractivity contribution is 7.59. The van der Waals surface area contributed by atoms with Gasteiger partial charge in [0.25, 0.3) is 5.88 Å². The lowest BCUT2D eigenvalue weighted by Gasteiger charge is -2.22. The van der Waals surface area contributed by atoms with Crippen LogP contribution in [0.2, 0.25) is 5.02 Å². The minimum absolute atomic E-state index is 0. The maximum Gasteiger partial charge on any atom is 0.257 e. The van der Waals surface area contributed by atoms with Crippen LogP contribution in [-0.2, 0) is 0 Å². The number of nitrogens with one attached hydrogen (secondary N) is 1. The molecule has 0 aromatic carbocycles. The fourth-order valence-electron chi connectivity index (χ4n) is 2.93. The number of ether oxygens (including phenoxy) is 2. The zero-order chi connectivity index (χ0) is 19.5. The number of fused-ring (bicyclic) bond motifs is 1. The average Bonchev–Trinajstić information content (AvgIpc) is 2.74. The highest BCUT2D eigenvalue weighted by Gasteiger charge is 2.20. The smallest absolute Gasteiger partial charge is 0.257 e. The summed E-state index contributed by atoms with van der Waals surface area (Å²) < 4.78 is 11.3. The summed E-state index contributed by atoms with van der Waals surface area (Å²) in [6, 6.07) is 5.53. The highest BCUT2D eigenvalue weighted by Crippen LogP contribution is 2.35. The molecule has 1 atom stereocenters. The number of hydrogen-bond acceptors (Lipinski definition) is 8. The van der Waals surface area contributed by atoms with Gasteiger partial charge < -0.3 is 20.5 Å². The fraction of sp³-hybridized carbons (Fsp3) is 0.263. The zero-order valence-corrected chi connectivity index (χ0v) is 17.5. The largest absolute Gasteiger partial charge is 0.484 e. The molecule has 0 saturated carbocycles. The molecular formula is C19H21ClN6O2S. The summed E-state index contributed by atoms with van der Waals surface area (Å²) in [6.45, 7) is 3.80. The van der Waals surface area contributed by atoms with Gasteiger partial charge in [0.1, 0.15) is 31.2 Å². The quantitative estimate of drug-likeness (QED) is 0.632. The lowest BCUT2D eigenvalue weighted by Crippen LogP contribution is -2.19. The number of hydrogen-bond donors (Lipinski definition) is 2. The highest BCUT2D eigenvalue weighted by atomic mass is 35.5. The van der Waals surface area contributed by atoms with Gasteiger partial charge in [0.05, 0.1) is 10.7 Å². The number of pyridine rings is 2. The predicted molar refractivity (Wildman–Crippen MR) is 117 cm³/mol. The summed E-state index contributed by atoms with van der Waals surface area (Å²) in [5.74, 6) is 2.41. The zero-order valence-electron chi connectivity index (χ0n) is 15.7. The molecule has 1 aliphatic heterocycles. The van der Waals surface area contributed by atoms with Crippen molar-refractivity contribution in [2.75, 3.05) is 30.8 Å². The van der Waals surface area contributed by atoms with Gasteiger partial charge >= 0.3 is 0 Å². The number of nitrogens with zero attached hydrogens (tertiary/aromatic N) is 4. The summed E-state index contributed by atoms with van der Waals surface area (Å²) >= 11 is 6.06. The molecule has 10 heteroatoms. The van der Waals surface area contributed by atoms with E-state index in [0.717, 1.165) is 11.1 Å². The van der Waals surface area contributed by atoms with Crippen molar-refractivity contribution in [2.45, 2.75) is 12.8 Å². The van der Waals surface area contributed by atoms with Gasteiger partial charge in [0.2, 0.25) is 0 Å². The average molecular weight is 433 g/mol. The second-order valence-corrected chi connectivity index (χ2v) is 6.80. The van der Waals surface area contributed by atoms with Gasteiger partial charge in [0.15, 0.2) is 5.75 Å². The van der Waals surface area contributed by atoms with E-state index in [9.17, 15) is 0 Å². The number of nitrogen functional groups attached to an aromatic ring is 1. The Morgan fingerprint density at radius 3 is 2.83 bits per heavy atom. The number of anilines is 2. The van der Waals surface area contributed by atoms with Gasteiger partial charge in [-0.3, -0.25) is 0 Å². The third-order valence-electron chi connectivity index (χ3n) is 4.42. The van der Waals surface area contributed by atoms with E-state index in [0.29, 0.717) is 53.7 Å². The molecule has 4 rings (SSSR count). The van der Waals surface area contributed by atoms with Crippen LogP contribution in [0.5, 0.6) is 11.6 Å². The van der Waals surface area contributed by atoms with Crippen LogP contribution in [0.3, 0.4) is 0 Å². The summed E-state index contributed by atoms with van der Waals surface area (Å²) in [5.41, 5.74) is 8.19. The maximum atomic E-state index is 6.06. The standard InChI is InChI=1S/C19H19ClN6O2.H2S/c1-11(13-2-3-22-19-17(13)27-4-5-28-19)8-23-16-7-15(25-10-26-16)12-6-14(20)18(21)24-9-12;/h2-3,6-7,9-11H,4-5,8H2,1H3,(H2,21,24)(H,23,25,26);1H2/t11-;/m1./s1. The molecule has 29 heavy (non-hydrogen) atoms. The van der Waals surface area contributed by atoms with E-state index < -0.39 is 0 Å². The number of halogens is 1. The Kier molecular flexibility index (Phi) is 6.60. The Balaban J connectivity index is 0.00000240. The Morgan fingerprint density at radius 1 is 1.17 bits per heavy atom. The van der Waals surface area contributed by atoms with Crippen LogP contribution in [0, 0.1) is 0 Å². The summed E-state index contributed by atoms with van der Waals surface area (Å²) in [5, 5.41) is 3.73. The van der Waals surface area contributed by atoms with E-state index in [1.54, 1.807) is 18.5 Å². The second kappa shape index (κ2) is 9.15. The molecule has 3 N–H and O–H groups in total. The van der Waals surface area contributed by atoms with E-state index >= 15 is 0 Å². The van der Waals surface area contributed by atoms with Crippen molar-refractivity contribution < 1.29 is 9.47 Å². The topological polar surface area (TPSA) is 108 Å². The van der Waals surface area contributed by atoms with Crippen molar-refractivity contribution in [2.24, 2.45) is 0 Å². The molecule has 1 aliphatic rings. The van der Waals surface area contributed by atoms with Crippen LogP contribution in [0.1, 0.15) is 18.4 Å². The summed E-state index contributed by atoms with van der Waals surface area (Å²) in [6.07, 6.45) is 4.87. The Morgan fingerprint density at radius 2 is 2.00 bits per heavy atom. The Labute approximate surface area is 180 Å². The van der Waals surface area contributed by atoms with Gasteiger partial charge in [-0.2, -0.15) is 13.5 Å². The molecule has 3 aromatic heterocycles. The van der Waals surface area contributed by atoms with Gasteiger partial charge in [-0.05, 0) is 12.1 Å². The summed E-state index contributed by atoms with van der Waals surface area (Å²) in [7, 11) is 0. The molecular weight excluding hydrogens is 412 g/mol. The van der Waals surface area contributed by atoms with Gasteiger partial charge in [-0.25, -0.2) is 19.9 Å². The molecule has 152 valence electrons. The fourth-order valence-corrected chi connectivity index (χ4v) is 3.10. The first-order valence-corrected chi connectivity index (χ1v) is 9.21. The van der Waals surface area contributed by atoms with Crippen LogP contribution in [0.25, 0.3) is 11.3 Å².